The Morgan fingerprint density at radius 1 is 1.28 bits per heavy atom. The Bertz CT molecular complexity index is 730. The van der Waals surface area contributed by atoms with Crippen molar-refractivity contribution in [1.29, 1.82) is 0 Å². The fourth-order valence-corrected chi connectivity index (χ4v) is 4.81. The van der Waals surface area contributed by atoms with Gasteiger partial charge in [-0.15, -0.1) is 0 Å². The van der Waals surface area contributed by atoms with Crippen molar-refractivity contribution in [1.82, 2.24) is 15.1 Å². The standard InChI is InChI=1S/C23H35N3O3/c1-5-25(3)23(13-9-6-10-14-23)16-24-22(28)21-20(26(4)19(27)15-29-21)18-12-8-7-11-17(18)2/h7-8,11-12,20-21H,5-6,9-10,13-16H2,1-4H3,(H,24,28)/t20-,21+/m1/s1. The number of carbonyl (C=O) groups is 2. The Morgan fingerprint density at radius 2 is 1.97 bits per heavy atom. The van der Waals surface area contributed by atoms with Crippen molar-refractivity contribution in [2.24, 2.45) is 0 Å². The predicted molar refractivity (Wildman–Crippen MR) is 114 cm³/mol. The van der Waals surface area contributed by atoms with Crippen LogP contribution in [0, 0.1) is 6.92 Å². The van der Waals surface area contributed by atoms with Gasteiger partial charge in [0.25, 0.3) is 5.91 Å². The van der Waals surface area contributed by atoms with Crippen LogP contribution in [0.25, 0.3) is 0 Å². The number of benzene rings is 1. The topological polar surface area (TPSA) is 61.9 Å². The van der Waals surface area contributed by atoms with Gasteiger partial charge in [-0.05, 0) is 44.5 Å². The van der Waals surface area contributed by atoms with Gasteiger partial charge in [0.15, 0.2) is 6.10 Å². The first-order valence-electron chi connectivity index (χ1n) is 10.8. The van der Waals surface area contributed by atoms with Gasteiger partial charge in [0.1, 0.15) is 6.61 Å². The van der Waals surface area contributed by atoms with Crippen molar-refractivity contribution in [3.05, 3.63) is 35.4 Å². The number of nitrogens with one attached hydrogen (secondary N) is 1. The number of likely N-dealkylation sites (N-methyl/N-ethyl adjacent to an activating group) is 2. The minimum atomic E-state index is -0.702. The summed E-state index contributed by atoms with van der Waals surface area (Å²) in [7, 11) is 3.91. The second kappa shape index (κ2) is 9.26. The summed E-state index contributed by atoms with van der Waals surface area (Å²) in [5.74, 6) is -0.233. The number of rotatable bonds is 6. The van der Waals surface area contributed by atoms with Gasteiger partial charge in [-0.3, -0.25) is 14.5 Å². The third-order valence-corrected chi connectivity index (χ3v) is 6.91. The number of nitrogens with zero attached hydrogens (tertiary/aromatic N) is 2. The molecule has 0 aromatic heterocycles. The van der Waals surface area contributed by atoms with E-state index < -0.39 is 12.1 Å². The highest BCUT2D eigenvalue weighted by atomic mass is 16.5. The first-order valence-corrected chi connectivity index (χ1v) is 10.8. The quantitative estimate of drug-likeness (QED) is 0.796. The van der Waals surface area contributed by atoms with E-state index in [2.05, 4.69) is 24.2 Å². The summed E-state index contributed by atoms with van der Waals surface area (Å²) in [6.45, 7) is 5.69. The van der Waals surface area contributed by atoms with Gasteiger partial charge < -0.3 is 15.0 Å². The van der Waals surface area contributed by atoms with Crippen LogP contribution in [0.4, 0.5) is 0 Å². The van der Waals surface area contributed by atoms with E-state index in [0.29, 0.717) is 6.54 Å². The zero-order valence-corrected chi connectivity index (χ0v) is 18.2. The molecule has 1 aromatic rings. The lowest BCUT2D eigenvalue weighted by molar-refractivity contribution is -0.162. The Kier molecular flexibility index (Phi) is 6.96. The molecule has 3 rings (SSSR count). The molecule has 1 aliphatic carbocycles. The van der Waals surface area contributed by atoms with E-state index in [9.17, 15) is 9.59 Å². The normalized spacial score (nSPS) is 24.6. The SMILES string of the molecule is CCN(C)C1(CNC(=O)[C@H]2OCC(=O)N(C)[C@@H]2c2ccccc2C)CCCCC1. The molecule has 6 nitrogen and oxygen atoms in total. The van der Waals surface area contributed by atoms with E-state index in [1.807, 2.05) is 31.2 Å². The smallest absolute Gasteiger partial charge is 0.251 e. The summed E-state index contributed by atoms with van der Waals surface area (Å²) in [5, 5.41) is 3.19. The molecule has 0 spiro atoms. The highest BCUT2D eigenvalue weighted by Gasteiger charge is 2.42. The van der Waals surface area contributed by atoms with Crippen LogP contribution in [0.5, 0.6) is 0 Å². The van der Waals surface area contributed by atoms with Crippen LogP contribution in [-0.4, -0.2) is 67.0 Å². The van der Waals surface area contributed by atoms with Crippen LogP contribution in [0.1, 0.15) is 56.2 Å². The lowest BCUT2D eigenvalue weighted by Gasteiger charge is -2.45. The summed E-state index contributed by atoms with van der Waals surface area (Å²) >= 11 is 0. The van der Waals surface area contributed by atoms with Crippen molar-refractivity contribution < 1.29 is 14.3 Å². The summed E-state index contributed by atoms with van der Waals surface area (Å²) in [6, 6.07) is 7.48. The Morgan fingerprint density at radius 3 is 2.62 bits per heavy atom. The Balaban J connectivity index is 1.79. The molecule has 2 amide bonds. The molecule has 2 aliphatic rings. The highest BCUT2D eigenvalue weighted by Crippen LogP contribution is 2.34. The molecular weight excluding hydrogens is 366 g/mol. The fourth-order valence-electron chi connectivity index (χ4n) is 4.81. The van der Waals surface area contributed by atoms with Gasteiger partial charge in [-0.2, -0.15) is 0 Å². The molecule has 2 fully saturated rings. The molecule has 160 valence electrons. The van der Waals surface area contributed by atoms with Crippen molar-refractivity contribution in [3.8, 4) is 0 Å². The van der Waals surface area contributed by atoms with E-state index in [1.54, 1.807) is 11.9 Å². The van der Waals surface area contributed by atoms with E-state index in [-0.39, 0.29) is 24.0 Å². The maximum absolute atomic E-state index is 13.2. The van der Waals surface area contributed by atoms with Crippen LogP contribution in [0.15, 0.2) is 24.3 Å². The molecule has 29 heavy (non-hydrogen) atoms. The van der Waals surface area contributed by atoms with Gasteiger partial charge in [0.2, 0.25) is 5.91 Å². The number of hydrogen-bond donors (Lipinski definition) is 1. The first kappa shape index (κ1) is 21.8. The molecule has 0 unspecified atom stereocenters. The second-order valence-electron chi connectivity index (χ2n) is 8.55. The summed E-state index contributed by atoms with van der Waals surface area (Å²) in [6.07, 6.45) is 5.16. The van der Waals surface area contributed by atoms with Crippen LogP contribution in [-0.2, 0) is 14.3 Å². The maximum Gasteiger partial charge on any atom is 0.251 e. The maximum atomic E-state index is 13.2. The average molecular weight is 402 g/mol. The molecule has 0 radical (unpaired) electrons. The van der Waals surface area contributed by atoms with Crippen LogP contribution in [0.3, 0.4) is 0 Å². The van der Waals surface area contributed by atoms with Gasteiger partial charge in [0, 0.05) is 19.1 Å². The molecule has 1 heterocycles. The number of hydrogen-bond acceptors (Lipinski definition) is 4. The van der Waals surface area contributed by atoms with Crippen molar-refractivity contribution >= 4 is 11.8 Å². The fraction of sp³-hybridized carbons (Fsp3) is 0.652. The molecule has 6 heteroatoms. The van der Waals surface area contributed by atoms with Gasteiger partial charge in [-0.25, -0.2) is 0 Å². The Hall–Kier alpha value is -1.92. The molecule has 1 N–H and O–H groups in total. The molecule has 1 saturated heterocycles. The zero-order valence-electron chi connectivity index (χ0n) is 18.2. The minimum Gasteiger partial charge on any atom is -0.356 e. The molecule has 1 saturated carbocycles. The lowest BCUT2D eigenvalue weighted by atomic mass is 9.80. The summed E-state index contributed by atoms with van der Waals surface area (Å²) in [4.78, 5) is 29.6. The van der Waals surface area contributed by atoms with Gasteiger partial charge in [0.05, 0.1) is 6.04 Å². The summed E-state index contributed by atoms with van der Waals surface area (Å²) in [5.41, 5.74) is 2.02. The lowest BCUT2D eigenvalue weighted by Crippen LogP contribution is -2.58. The third kappa shape index (κ3) is 4.48. The molecule has 1 aromatic carbocycles. The zero-order chi connectivity index (χ0) is 21.0. The van der Waals surface area contributed by atoms with E-state index in [0.717, 1.165) is 30.5 Å². The Labute approximate surface area is 174 Å². The average Bonchev–Trinajstić information content (AvgIpc) is 2.74. The number of aryl methyl sites for hydroxylation is 1. The number of morpholine rings is 1. The van der Waals surface area contributed by atoms with Crippen molar-refractivity contribution in [2.75, 3.05) is 33.8 Å². The van der Waals surface area contributed by atoms with Crippen molar-refractivity contribution in [2.45, 2.75) is 63.6 Å². The number of ether oxygens (including phenoxy) is 1. The minimum absolute atomic E-state index is 0.0111. The second-order valence-corrected chi connectivity index (χ2v) is 8.55. The van der Waals surface area contributed by atoms with Gasteiger partial charge in [-0.1, -0.05) is 50.5 Å². The van der Waals surface area contributed by atoms with E-state index in [1.165, 1.54) is 19.3 Å². The monoisotopic (exact) mass is 401 g/mol. The predicted octanol–water partition coefficient (Wildman–Crippen LogP) is 2.66. The summed E-state index contributed by atoms with van der Waals surface area (Å²) < 4.78 is 5.79. The van der Waals surface area contributed by atoms with E-state index in [4.69, 9.17) is 4.74 Å². The first-order chi connectivity index (χ1) is 13.9. The van der Waals surface area contributed by atoms with Gasteiger partial charge >= 0.3 is 0 Å². The molecule has 1 aliphatic heterocycles. The third-order valence-electron chi connectivity index (χ3n) is 6.91. The van der Waals surface area contributed by atoms with Crippen molar-refractivity contribution in [3.63, 3.8) is 0 Å². The largest absolute Gasteiger partial charge is 0.356 e. The molecule has 2 atom stereocenters. The van der Waals surface area contributed by atoms with E-state index >= 15 is 0 Å². The number of carbonyl (C=O) groups excluding carboxylic acids is 2. The number of amides is 2. The van der Waals surface area contributed by atoms with Crippen LogP contribution < -0.4 is 5.32 Å². The molecule has 0 bridgehead atoms. The van der Waals surface area contributed by atoms with Crippen LogP contribution in [0.2, 0.25) is 0 Å². The molecular formula is C23H35N3O3. The van der Waals surface area contributed by atoms with Crippen LogP contribution >= 0.6 is 0 Å². The highest BCUT2D eigenvalue weighted by molar-refractivity contribution is 5.86.